The Bertz CT molecular complexity index is 505. The third kappa shape index (κ3) is 2.53. The summed E-state index contributed by atoms with van der Waals surface area (Å²) in [6.45, 7) is 2.19. The molecule has 1 aliphatic rings. The first-order valence-corrected chi connectivity index (χ1v) is 7.29. The molecule has 1 saturated carbocycles. The molecular formula is C14H17N3S. The van der Waals surface area contributed by atoms with E-state index in [0.29, 0.717) is 12.0 Å². The largest absolute Gasteiger partial charge is 0.353 e. The van der Waals surface area contributed by atoms with Crippen LogP contribution >= 0.6 is 11.5 Å². The Hall–Kier alpha value is -1.42. The monoisotopic (exact) mass is 259 g/mol. The topological polar surface area (TPSA) is 37.8 Å². The second-order valence-corrected chi connectivity index (χ2v) is 5.50. The van der Waals surface area contributed by atoms with Crippen LogP contribution < -0.4 is 5.32 Å². The molecule has 18 heavy (non-hydrogen) atoms. The molecular weight excluding hydrogens is 242 g/mol. The number of rotatable bonds is 5. The average molecular weight is 259 g/mol. The van der Waals surface area contributed by atoms with Gasteiger partial charge in [-0.25, -0.2) is 4.98 Å². The zero-order chi connectivity index (χ0) is 12.4. The lowest BCUT2D eigenvalue weighted by Crippen LogP contribution is -2.09. The first kappa shape index (κ1) is 11.7. The fourth-order valence-corrected chi connectivity index (χ4v) is 2.76. The summed E-state index contributed by atoms with van der Waals surface area (Å²) in [5.74, 6) is 1.67. The van der Waals surface area contributed by atoms with Gasteiger partial charge >= 0.3 is 0 Å². The first-order valence-electron chi connectivity index (χ1n) is 6.52. The Labute approximate surface area is 111 Å². The van der Waals surface area contributed by atoms with Gasteiger partial charge in [-0.2, -0.15) is 4.37 Å². The highest BCUT2D eigenvalue weighted by Crippen LogP contribution is 2.39. The quantitative estimate of drug-likeness (QED) is 0.882. The number of benzene rings is 1. The number of nitrogens with one attached hydrogen (secondary N) is 1. The van der Waals surface area contributed by atoms with Crippen LogP contribution in [0.1, 0.15) is 49.5 Å². The second kappa shape index (κ2) is 5.06. The van der Waals surface area contributed by atoms with Crippen molar-refractivity contribution in [2.75, 3.05) is 5.32 Å². The Balaban J connectivity index is 1.72. The normalized spacial score (nSPS) is 16.5. The van der Waals surface area contributed by atoms with E-state index < -0.39 is 0 Å². The molecule has 3 nitrogen and oxygen atoms in total. The van der Waals surface area contributed by atoms with Gasteiger partial charge in [0.2, 0.25) is 5.13 Å². The minimum Gasteiger partial charge on any atom is -0.353 e. The van der Waals surface area contributed by atoms with Crippen molar-refractivity contribution >= 4 is 16.7 Å². The summed E-state index contributed by atoms with van der Waals surface area (Å²) in [5, 5.41) is 4.44. The van der Waals surface area contributed by atoms with E-state index in [1.807, 2.05) is 6.07 Å². The van der Waals surface area contributed by atoms with Gasteiger partial charge < -0.3 is 5.32 Å². The highest BCUT2D eigenvalue weighted by atomic mass is 32.1. The smallest absolute Gasteiger partial charge is 0.203 e. The van der Waals surface area contributed by atoms with Gasteiger partial charge in [0.1, 0.15) is 5.82 Å². The summed E-state index contributed by atoms with van der Waals surface area (Å²) in [6, 6.07) is 10.8. The van der Waals surface area contributed by atoms with Crippen LogP contribution in [0, 0.1) is 0 Å². The average Bonchev–Trinajstić information content (AvgIpc) is 3.17. The first-order chi connectivity index (χ1) is 8.86. The molecule has 1 fully saturated rings. The van der Waals surface area contributed by atoms with E-state index in [4.69, 9.17) is 0 Å². The molecule has 1 aromatic carbocycles. The van der Waals surface area contributed by atoms with Gasteiger partial charge in [0, 0.05) is 17.5 Å². The standard InChI is InChI=1S/C14H17N3S/c1-2-12(10-6-4-3-5-7-10)15-14-16-13(17-18-14)11-8-9-11/h3-7,11-12H,2,8-9H2,1H3,(H,15,16,17). The molecule has 1 heterocycles. The zero-order valence-corrected chi connectivity index (χ0v) is 11.3. The van der Waals surface area contributed by atoms with E-state index in [0.717, 1.165) is 17.4 Å². The summed E-state index contributed by atoms with van der Waals surface area (Å²) in [5.41, 5.74) is 1.31. The van der Waals surface area contributed by atoms with Crippen molar-refractivity contribution in [3.05, 3.63) is 41.7 Å². The van der Waals surface area contributed by atoms with Crippen molar-refractivity contribution < 1.29 is 0 Å². The summed E-state index contributed by atoms with van der Waals surface area (Å²) in [4.78, 5) is 4.58. The number of hydrogen-bond donors (Lipinski definition) is 1. The minimum atomic E-state index is 0.325. The number of aromatic nitrogens is 2. The molecule has 1 unspecified atom stereocenters. The van der Waals surface area contributed by atoms with Crippen LogP contribution in [0.15, 0.2) is 30.3 Å². The molecule has 2 aromatic rings. The molecule has 3 rings (SSSR count). The number of hydrogen-bond acceptors (Lipinski definition) is 4. The molecule has 1 atom stereocenters. The maximum absolute atomic E-state index is 4.58. The van der Waals surface area contributed by atoms with Crippen LogP contribution in [0.4, 0.5) is 5.13 Å². The molecule has 0 spiro atoms. The maximum atomic E-state index is 4.58. The van der Waals surface area contributed by atoms with Gasteiger partial charge in [-0.15, -0.1) is 0 Å². The van der Waals surface area contributed by atoms with Crippen LogP contribution in [0.25, 0.3) is 0 Å². The number of nitrogens with zero attached hydrogens (tertiary/aromatic N) is 2. The van der Waals surface area contributed by atoms with Crippen LogP contribution in [0.3, 0.4) is 0 Å². The van der Waals surface area contributed by atoms with Gasteiger partial charge in [-0.1, -0.05) is 37.3 Å². The van der Waals surface area contributed by atoms with Gasteiger partial charge in [0.05, 0.1) is 6.04 Å². The van der Waals surface area contributed by atoms with Crippen LogP contribution in [-0.2, 0) is 0 Å². The summed E-state index contributed by atoms with van der Waals surface area (Å²) in [7, 11) is 0. The zero-order valence-electron chi connectivity index (χ0n) is 10.5. The predicted molar refractivity (Wildman–Crippen MR) is 75.0 cm³/mol. The van der Waals surface area contributed by atoms with Crippen molar-refractivity contribution in [1.29, 1.82) is 0 Å². The van der Waals surface area contributed by atoms with Gasteiger partial charge in [0.15, 0.2) is 0 Å². The van der Waals surface area contributed by atoms with Crippen molar-refractivity contribution in [1.82, 2.24) is 9.36 Å². The summed E-state index contributed by atoms with van der Waals surface area (Å²) >= 11 is 1.48. The molecule has 0 amide bonds. The lowest BCUT2D eigenvalue weighted by atomic mass is 10.1. The Morgan fingerprint density at radius 3 is 2.78 bits per heavy atom. The van der Waals surface area contributed by atoms with E-state index in [1.165, 1.54) is 29.9 Å². The van der Waals surface area contributed by atoms with Crippen molar-refractivity contribution in [3.8, 4) is 0 Å². The molecule has 0 radical (unpaired) electrons. The van der Waals surface area contributed by atoms with E-state index in [-0.39, 0.29) is 0 Å². The molecule has 1 aliphatic carbocycles. The molecule has 1 aromatic heterocycles. The molecule has 1 N–H and O–H groups in total. The SMILES string of the molecule is CCC(Nc1nc(C2CC2)ns1)c1ccccc1. The van der Waals surface area contributed by atoms with E-state index in [1.54, 1.807) is 0 Å². The molecule has 94 valence electrons. The molecule has 0 bridgehead atoms. The predicted octanol–water partition coefficient (Wildman–Crippen LogP) is 3.98. The second-order valence-electron chi connectivity index (χ2n) is 4.75. The highest BCUT2D eigenvalue weighted by Gasteiger charge is 2.28. The molecule has 4 heteroatoms. The fourth-order valence-electron chi connectivity index (χ4n) is 2.06. The Morgan fingerprint density at radius 2 is 2.11 bits per heavy atom. The van der Waals surface area contributed by atoms with Crippen LogP contribution in [0.2, 0.25) is 0 Å². The molecule has 0 saturated heterocycles. The Kier molecular flexibility index (Phi) is 3.28. The summed E-state index contributed by atoms with van der Waals surface area (Å²) < 4.78 is 4.43. The fraction of sp³-hybridized carbons (Fsp3) is 0.429. The van der Waals surface area contributed by atoms with Gasteiger partial charge in [0.25, 0.3) is 0 Å². The van der Waals surface area contributed by atoms with Crippen LogP contribution in [-0.4, -0.2) is 9.36 Å². The lowest BCUT2D eigenvalue weighted by Gasteiger charge is -2.16. The van der Waals surface area contributed by atoms with E-state index in [9.17, 15) is 0 Å². The lowest BCUT2D eigenvalue weighted by molar-refractivity contribution is 0.747. The molecule has 0 aliphatic heterocycles. The van der Waals surface area contributed by atoms with Gasteiger partial charge in [-0.3, -0.25) is 0 Å². The number of anilines is 1. The maximum Gasteiger partial charge on any atom is 0.203 e. The highest BCUT2D eigenvalue weighted by molar-refractivity contribution is 7.09. The van der Waals surface area contributed by atoms with Crippen molar-refractivity contribution in [3.63, 3.8) is 0 Å². The van der Waals surface area contributed by atoms with E-state index >= 15 is 0 Å². The van der Waals surface area contributed by atoms with Gasteiger partial charge in [-0.05, 0) is 24.8 Å². The van der Waals surface area contributed by atoms with E-state index in [2.05, 4.69) is 45.9 Å². The van der Waals surface area contributed by atoms with Crippen molar-refractivity contribution in [2.45, 2.75) is 38.1 Å². The third-order valence-electron chi connectivity index (χ3n) is 3.29. The Morgan fingerprint density at radius 1 is 1.33 bits per heavy atom. The third-order valence-corrected chi connectivity index (χ3v) is 3.95. The van der Waals surface area contributed by atoms with Crippen LogP contribution in [0.5, 0.6) is 0 Å². The van der Waals surface area contributed by atoms with Crippen molar-refractivity contribution in [2.24, 2.45) is 0 Å². The summed E-state index contributed by atoms with van der Waals surface area (Å²) in [6.07, 6.45) is 3.56. The minimum absolute atomic E-state index is 0.325.